The Labute approximate surface area is 117 Å². The van der Waals surface area contributed by atoms with Crippen LogP contribution in [0.4, 0.5) is 5.82 Å². The predicted molar refractivity (Wildman–Crippen MR) is 74.3 cm³/mol. The van der Waals surface area contributed by atoms with Gasteiger partial charge in [-0.1, -0.05) is 23.7 Å². The smallest absolute Gasteiger partial charge is 0.138 e. The molecule has 2 rings (SSSR count). The molecule has 0 radical (unpaired) electrons. The van der Waals surface area contributed by atoms with Crippen molar-refractivity contribution in [3.8, 4) is 0 Å². The van der Waals surface area contributed by atoms with Crippen molar-refractivity contribution in [3.63, 3.8) is 0 Å². The second-order valence-electron chi connectivity index (χ2n) is 4.40. The van der Waals surface area contributed by atoms with Gasteiger partial charge in [-0.25, -0.2) is 9.97 Å². The van der Waals surface area contributed by atoms with Crippen LogP contribution < -0.4 is 5.32 Å². The summed E-state index contributed by atoms with van der Waals surface area (Å²) in [6, 6.07) is 1.72. The monoisotopic (exact) mass is 280 g/mol. The van der Waals surface area contributed by atoms with E-state index in [1.807, 2.05) is 13.8 Å². The summed E-state index contributed by atoms with van der Waals surface area (Å²) in [6.45, 7) is 6.51. The summed E-state index contributed by atoms with van der Waals surface area (Å²) in [6.07, 6.45) is 1.81. The Bertz CT molecular complexity index is 548. The highest BCUT2D eigenvalue weighted by molar-refractivity contribution is 6.29. The van der Waals surface area contributed by atoms with Crippen LogP contribution in [0.1, 0.15) is 36.2 Å². The quantitative estimate of drug-likeness (QED) is 0.852. The van der Waals surface area contributed by atoms with Gasteiger partial charge in [-0.05, 0) is 20.3 Å². The second kappa shape index (κ2) is 6.02. The van der Waals surface area contributed by atoms with Gasteiger partial charge in [-0.2, -0.15) is 0 Å². The van der Waals surface area contributed by atoms with Crippen LogP contribution in [0.5, 0.6) is 0 Å². The van der Waals surface area contributed by atoms with E-state index in [1.54, 1.807) is 6.07 Å². The Kier molecular flexibility index (Phi) is 4.37. The van der Waals surface area contributed by atoms with E-state index < -0.39 is 0 Å². The number of aromatic nitrogens is 3. The van der Waals surface area contributed by atoms with Crippen LogP contribution in [0.2, 0.25) is 5.15 Å². The normalized spacial score (nSPS) is 10.7. The van der Waals surface area contributed by atoms with Crippen molar-refractivity contribution in [1.82, 2.24) is 15.1 Å². The maximum atomic E-state index is 5.99. The van der Waals surface area contributed by atoms with E-state index >= 15 is 0 Å². The van der Waals surface area contributed by atoms with Gasteiger partial charge in [0.2, 0.25) is 0 Å². The summed E-state index contributed by atoms with van der Waals surface area (Å²) in [5.74, 6) is 2.30. The Morgan fingerprint density at radius 1 is 1.32 bits per heavy atom. The van der Waals surface area contributed by atoms with Crippen molar-refractivity contribution in [2.45, 2.75) is 40.2 Å². The van der Waals surface area contributed by atoms with Gasteiger partial charge >= 0.3 is 0 Å². The first kappa shape index (κ1) is 13.8. The van der Waals surface area contributed by atoms with Crippen molar-refractivity contribution in [1.29, 1.82) is 0 Å². The minimum atomic E-state index is 0.458. The molecule has 0 saturated carbocycles. The molecular formula is C13H17ClN4O. The van der Waals surface area contributed by atoms with Gasteiger partial charge in [0.15, 0.2) is 0 Å². The standard InChI is InChI=1S/C13H17ClN4O/c1-4-5-12-16-11(14)6-13(17-12)15-7-10-8(2)18-19-9(10)3/h6H,4-5,7H2,1-3H3,(H,15,16,17). The third kappa shape index (κ3) is 3.44. The van der Waals surface area contributed by atoms with Gasteiger partial charge in [0.25, 0.3) is 0 Å². The van der Waals surface area contributed by atoms with Crippen molar-refractivity contribution in [2.24, 2.45) is 0 Å². The largest absolute Gasteiger partial charge is 0.366 e. The zero-order chi connectivity index (χ0) is 13.8. The van der Waals surface area contributed by atoms with E-state index in [2.05, 4.69) is 27.4 Å². The van der Waals surface area contributed by atoms with Gasteiger partial charge in [0, 0.05) is 24.6 Å². The molecule has 2 aromatic heterocycles. The van der Waals surface area contributed by atoms with Gasteiger partial charge in [0.1, 0.15) is 22.6 Å². The molecule has 0 aliphatic rings. The third-order valence-electron chi connectivity index (χ3n) is 2.84. The zero-order valence-electron chi connectivity index (χ0n) is 11.3. The molecule has 0 saturated heterocycles. The highest BCUT2D eigenvalue weighted by atomic mass is 35.5. The summed E-state index contributed by atoms with van der Waals surface area (Å²) in [4.78, 5) is 8.61. The van der Waals surface area contributed by atoms with E-state index in [1.165, 1.54) is 0 Å². The van der Waals surface area contributed by atoms with Crippen LogP contribution in [0.15, 0.2) is 10.6 Å². The van der Waals surface area contributed by atoms with Gasteiger partial charge < -0.3 is 9.84 Å². The molecule has 19 heavy (non-hydrogen) atoms. The number of hydrogen-bond acceptors (Lipinski definition) is 5. The summed E-state index contributed by atoms with van der Waals surface area (Å²) < 4.78 is 5.12. The van der Waals surface area contributed by atoms with Crippen molar-refractivity contribution in [2.75, 3.05) is 5.32 Å². The Morgan fingerprint density at radius 3 is 2.74 bits per heavy atom. The average Bonchev–Trinajstić information content (AvgIpc) is 2.66. The lowest BCUT2D eigenvalue weighted by molar-refractivity contribution is 0.392. The van der Waals surface area contributed by atoms with Crippen LogP contribution in [0.3, 0.4) is 0 Å². The van der Waals surface area contributed by atoms with Crippen LogP contribution in [0, 0.1) is 13.8 Å². The molecule has 0 spiro atoms. The fourth-order valence-electron chi connectivity index (χ4n) is 1.82. The lowest BCUT2D eigenvalue weighted by Gasteiger charge is -2.07. The third-order valence-corrected chi connectivity index (χ3v) is 3.04. The molecule has 0 atom stereocenters. The maximum Gasteiger partial charge on any atom is 0.138 e. The zero-order valence-corrected chi connectivity index (χ0v) is 12.1. The molecule has 0 unspecified atom stereocenters. The van der Waals surface area contributed by atoms with Crippen molar-refractivity contribution in [3.05, 3.63) is 34.1 Å². The molecule has 6 heteroatoms. The second-order valence-corrected chi connectivity index (χ2v) is 4.79. The summed E-state index contributed by atoms with van der Waals surface area (Å²) in [5, 5.41) is 7.61. The molecule has 102 valence electrons. The maximum absolute atomic E-state index is 5.99. The molecule has 5 nitrogen and oxygen atoms in total. The Morgan fingerprint density at radius 2 is 2.11 bits per heavy atom. The molecule has 0 fully saturated rings. The summed E-state index contributed by atoms with van der Waals surface area (Å²) >= 11 is 5.99. The number of aryl methyl sites for hydroxylation is 3. The van der Waals surface area contributed by atoms with Crippen LogP contribution >= 0.6 is 11.6 Å². The average molecular weight is 281 g/mol. The molecule has 0 bridgehead atoms. The van der Waals surface area contributed by atoms with E-state index in [0.29, 0.717) is 11.7 Å². The first-order chi connectivity index (χ1) is 9.10. The number of nitrogens with zero attached hydrogens (tertiary/aromatic N) is 3. The van der Waals surface area contributed by atoms with E-state index in [0.717, 1.165) is 41.5 Å². The van der Waals surface area contributed by atoms with Gasteiger partial charge in [-0.15, -0.1) is 0 Å². The minimum Gasteiger partial charge on any atom is -0.366 e. The first-order valence-corrected chi connectivity index (χ1v) is 6.67. The number of halogens is 1. The molecule has 1 N–H and O–H groups in total. The highest BCUT2D eigenvalue weighted by Gasteiger charge is 2.09. The molecule has 2 heterocycles. The summed E-state index contributed by atoms with van der Waals surface area (Å²) in [5.41, 5.74) is 1.94. The minimum absolute atomic E-state index is 0.458. The van der Waals surface area contributed by atoms with E-state index in [4.69, 9.17) is 16.1 Å². The van der Waals surface area contributed by atoms with Crippen molar-refractivity contribution < 1.29 is 4.52 Å². The molecule has 0 amide bonds. The molecular weight excluding hydrogens is 264 g/mol. The first-order valence-electron chi connectivity index (χ1n) is 6.29. The Hall–Kier alpha value is -1.62. The van der Waals surface area contributed by atoms with E-state index in [-0.39, 0.29) is 0 Å². The number of rotatable bonds is 5. The van der Waals surface area contributed by atoms with Crippen molar-refractivity contribution >= 4 is 17.4 Å². The van der Waals surface area contributed by atoms with Gasteiger partial charge in [-0.3, -0.25) is 0 Å². The van der Waals surface area contributed by atoms with Crippen LogP contribution in [0.25, 0.3) is 0 Å². The fourth-order valence-corrected chi connectivity index (χ4v) is 2.02. The van der Waals surface area contributed by atoms with Crippen LogP contribution in [-0.4, -0.2) is 15.1 Å². The Balaban J connectivity index is 2.11. The lowest BCUT2D eigenvalue weighted by atomic mass is 10.2. The fraction of sp³-hybridized carbons (Fsp3) is 0.462. The topological polar surface area (TPSA) is 63.8 Å². The molecule has 0 aliphatic heterocycles. The molecule has 0 aliphatic carbocycles. The number of hydrogen-bond donors (Lipinski definition) is 1. The van der Waals surface area contributed by atoms with Crippen LogP contribution in [-0.2, 0) is 13.0 Å². The molecule has 0 aromatic carbocycles. The molecule has 2 aromatic rings. The highest BCUT2D eigenvalue weighted by Crippen LogP contribution is 2.16. The number of nitrogens with one attached hydrogen (secondary N) is 1. The van der Waals surface area contributed by atoms with E-state index in [9.17, 15) is 0 Å². The SMILES string of the molecule is CCCc1nc(Cl)cc(NCc2c(C)noc2C)n1. The lowest BCUT2D eigenvalue weighted by Crippen LogP contribution is -2.05. The van der Waals surface area contributed by atoms with Gasteiger partial charge in [0.05, 0.1) is 5.69 Å². The number of anilines is 1. The predicted octanol–water partition coefficient (Wildman–Crippen LogP) is 3.30. The summed E-state index contributed by atoms with van der Waals surface area (Å²) in [7, 11) is 0.